The van der Waals surface area contributed by atoms with Crippen molar-refractivity contribution >= 4 is 29.5 Å². The average Bonchev–Trinajstić information content (AvgIpc) is 2.57. The molecule has 0 spiro atoms. The van der Waals surface area contributed by atoms with Gasteiger partial charge in [-0.25, -0.2) is 0 Å². The van der Waals surface area contributed by atoms with E-state index < -0.39 is 0 Å². The molecule has 0 amide bonds. The minimum atomic E-state index is 0.439. The van der Waals surface area contributed by atoms with Crippen LogP contribution in [0.15, 0.2) is 36.4 Å². The Morgan fingerprint density at radius 1 is 0.957 bits per heavy atom. The van der Waals surface area contributed by atoms with E-state index in [4.69, 9.17) is 37.4 Å². The second-order valence-corrected chi connectivity index (χ2v) is 5.50. The van der Waals surface area contributed by atoms with Crippen LogP contribution in [0.1, 0.15) is 16.8 Å². The first kappa shape index (κ1) is 17.4. The van der Waals surface area contributed by atoms with Gasteiger partial charge in [0.25, 0.3) is 0 Å². The molecule has 0 saturated heterocycles. The maximum atomic E-state index is 10.7. The summed E-state index contributed by atoms with van der Waals surface area (Å²) in [4.78, 5) is 10.7. The quantitative estimate of drug-likeness (QED) is 0.510. The normalized spacial score (nSPS) is 10.2. The van der Waals surface area contributed by atoms with Crippen molar-refractivity contribution in [3.63, 3.8) is 0 Å². The number of halogens is 2. The number of hydrogen-bond acceptors (Lipinski definition) is 4. The smallest absolute Gasteiger partial charge is 0.161 e. The van der Waals surface area contributed by atoms with Crippen molar-refractivity contribution < 1.29 is 19.0 Å². The number of carbonyl (C=O) groups is 1. The molecule has 2 aromatic carbocycles. The van der Waals surface area contributed by atoms with Crippen molar-refractivity contribution in [2.45, 2.75) is 6.42 Å². The third-order valence-electron chi connectivity index (χ3n) is 3.02. The number of rotatable bonds is 8. The molecule has 0 aliphatic rings. The molecule has 0 atom stereocenters. The van der Waals surface area contributed by atoms with Crippen LogP contribution in [0.25, 0.3) is 0 Å². The van der Waals surface area contributed by atoms with Gasteiger partial charge in [0.05, 0.1) is 25.3 Å². The van der Waals surface area contributed by atoms with E-state index in [1.807, 2.05) is 0 Å². The lowest BCUT2D eigenvalue weighted by molar-refractivity contribution is 0.112. The molecule has 0 fully saturated rings. The minimum absolute atomic E-state index is 0.439. The molecule has 2 aromatic rings. The molecular weight excluding hydrogens is 339 g/mol. The molecule has 6 heteroatoms. The summed E-state index contributed by atoms with van der Waals surface area (Å²) in [5, 5.41) is 1.09. The van der Waals surface area contributed by atoms with Gasteiger partial charge in [-0.3, -0.25) is 4.79 Å². The number of ether oxygens (including phenoxy) is 3. The van der Waals surface area contributed by atoms with Gasteiger partial charge in [-0.15, -0.1) is 0 Å². The molecule has 0 unspecified atom stereocenters. The fourth-order valence-corrected chi connectivity index (χ4v) is 2.22. The number of carbonyl (C=O) groups excluding carboxylic acids is 1. The van der Waals surface area contributed by atoms with Gasteiger partial charge in [0.1, 0.15) is 12.0 Å². The Morgan fingerprint density at radius 3 is 2.39 bits per heavy atom. The van der Waals surface area contributed by atoms with Gasteiger partial charge in [0.2, 0.25) is 0 Å². The molecule has 0 radical (unpaired) electrons. The van der Waals surface area contributed by atoms with Crippen LogP contribution < -0.4 is 14.2 Å². The predicted molar refractivity (Wildman–Crippen MR) is 90.5 cm³/mol. The van der Waals surface area contributed by atoms with E-state index in [0.29, 0.717) is 52.5 Å². The Kier molecular flexibility index (Phi) is 6.56. The lowest BCUT2D eigenvalue weighted by atomic mass is 10.2. The van der Waals surface area contributed by atoms with Crippen LogP contribution in [-0.2, 0) is 0 Å². The van der Waals surface area contributed by atoms with E-state index in [2.05, 4.69) is 0 Å². The van der Waals surface area contributed by atoms with Gasteiger partial charge >= 0.3 is 0 Å². The fraction of sp³-hybridized carbons (Fsp3) is 0.235. The molecule has 2 rings (SSSR count). The highest BCUT2D eigenvalue weighted by Gasteiger charge is 2.06. The summed E-state index contributed by atoms with van der Waals surface area (Å²) in [6.07, 6.45) is 1.41. The molecule has 0 heterocycles. The molecule has 0 aromatic heterocycles. The Balaban J connectivity index is 1.81. The SMILES string of the molecule is COc1cc(C=O)ccc1OCCCOc1cc(Cl)ccc1Cl. The third kappa shape index (κ3) is 5.05. The van der Waals surface area contributed by atoms with Crippen molar-refractivity contribution in [1.82, 2.24) is 0 Å². The Bertz CT molecular complexity index is 674. The van der Waals surface area contributed by atoms with E-state index in [1.54, 1.807) is 36.4 Å². The summed E-state index contributed by atoms with van der Waals surface area (Å²) >= 11 is 11.9. The van der Waals surface area contributed by atoms with Gasteiger partial charge in [0, 0.05) is 23.1 Å². The highest BCUT2D eigenvalue weighted by molar-refractivity contribution is 6.34. The largest absolute Gasteiger partial charge is 0.493 e. The molecule has 0 aliphatic heterocycles. The summed E-state index contributed by atoms with van der Waals surface area (Å²) in [6, 6.07) is 10.1. The second kappa shape index (κ2) is 8.65. The molecule has 4 nitrogen and oxygen atoms in total. The summed E-state index contributed by atoms with van der Waals surface area (Å²) in [7, 11) is 1.53. The van der Waals surface area contributed by atoms with E-state index in [0.717, 1.165) is 6.29 Å². The predicted octanol–water partition coefficient (Wildman–Crippen LogP) is 4.66. The zero-order chi connectivity index (χ0) is 16.7. The standard InChI is InChI=1S/C17H16Cl2O4/c1-21-17-9-12(11-20)3-6-15(17)22-7-2-8-23-16-10-13(18)4-5-14(16)19/h3-6,9-11H,2,7-8H2,1H3. The topological polar surface area (TPSA) is 44.8 Å². The highest BCUT2D eigenvalue weighted by Crippen LogP contribution is 2.29. The van der Waals surface area contributed by atoms with Crippen molar-refractivity contribution in [3.05, 3.63) is 52.0 Å². The number of aldehydes is 1. The zero-order valence-electron chi connectivity index (χ0n) is 12.6. The van der Waals surface area contributed by atoms with Crippen LogP contribution in [0.2, 0.25) is 10.0 Å². The molecule has 0 aliphatic carbocycles. The second-order valence-electron chi connectivity index (χ2n) is 4.65. The van der Waals surface area contributed by atoms with Crippen LogP contribution in [0.3, 0.4) is 0 Å². The number of benzene rings is 2. The van der Waals surface area contributed by atoms with Crippen molar-refractivity contribution in [2.75, 3.05) is 20.3 Å². The van der Waals surface area contributed by atoms with E-state index >= 15 is 0 Å². The number of hydrogen-bond donors (Lipinski definition) is 0. The Hall–Kier alpha value is -1.91. The van der Waals surface area contributed by atoms with Gasteiger partial charge in [-0.1, -0.05) is 23.2 Å². The summed E-state index contributed by atoms with van der Waals surface area (Å²) in [5.41, 5.74) is 0.535. The van der Waals surface area contributed by atoms with Crippen LogP contribution >= 0.6 is 23.2 Å². The van der Waals surface area contributed by atoms with E-state index in [9.17, 15) is 4.79 Å². The lowest BCUT2D eigenvalue weighted by Gasteiger charge is -2.12. The molecule has 0 saturated carbocycles. The zero-order valence-corrected chi connectivity index (χ0v) is 14.1. The third-order valence-corrected chi connectivity index (χ3v) is 3.57. The van der Waals surface area contributed by atoms with Gasteiger partial charge in [-0.2, -0.15) is 0 Å². The maximum Gasteiger partial charge on any atom is 0.161 e. The molecular formula is C17H16Cl2O4. The Labute approximate surface area is 144 Å². The molecule has 122 valence electrons. The van der Waals surface area contributed by atoms with Crippen molar-refractivity contribution in [3.8, 4) is 17.2 Å². The van der Waals surface area contributed by atoms with Gasteiger partial charge in [0.15, 0.2) is 11.5 Å². The maximum absolute atomic E-state index is 10.7. The monoisotopic (exact) mass is 354 g/mol. The van der Waals surface area contributed by atoms with E-state index in [1.165, 1.54) is 7.11 Å². The highest BCUT2D eigenvalue weighted by atomic mass is 35.5. The van der Waals surface area contributed by atoms with Crippen molar-refractivity contribution in [1.29, 1.82) is 0 Å². The number of methoxy groups -OCH3 is 1. The first-order valence-electron chi connectivity index (χ1n) is 6.98. The fourth-order valence-electron chi connectivity index (χ4n) is 1.89. The van der Waals surface area contributed by atoms with Gasteiger partial charge in [-0.05, 0) is 30.3 Å². The molecule has 23 heavy (non-hydrogen) atoms. The molecule has 0 bridgehead atoms. The summed E-state index contributed by atoms with van der Waals surface area (Å²) < 4.78 is 16.4. The summed E-state index contributed by atoms with van der Waals surface area (Å²) in [5.74, 6) is 1.65. The summed E-state index contributed by atoms with van der Waals surface area (Å²) in [6.45, 7) is 0.879. The molecule has 0 N–H and O–H groups in total. The van der Waals surface area contributed by atoms with E-state index in [-0.39, 0.29) is 0 Å². The van der Waals surface area contributed by atoms with Gasteiger partial charge < -0.3 is 14.2 Å². The first-order chi connectivity index (χ1) is 11.1. The van der Waals surface area contributed by atoms with Crippen molar-refractivity contribution in [2.24, 2.45) is 0 Å². The average molecular weight is 355 g/mol. The lowest BCUT2D eigenvalue weighted by Crippen LogP contribution is -2.06. The van der Waals surface area contributed by atoms with Crippen LogP contribution in [0.4, 0.5) is 0 Å². The van der Waals surface area contributed by atoms with Crippen LogP contribution in [0, 0.1) is 0 Å². The Morgan fingerprint density at radius 2 is 1.70 bits per heavy atom. The van der Waals surface area contributed by atoms with Crippen LogP contribution in [-0.4, -0.2) is 26.6 Å². The minimum Gasteiger partial charge on any atom is -0.493 e. The van der Waals surface area contributed by atoms with Crippen LogP contribution in [0.5, 0.6) is 17.2 Å². The first-order valence-corrected chi connectivity index (χ1v) is 7.73.